The predicted molar refractivity (Wildman–Crippen MR) is 91.6 cm³/mol. The van der Waals surface area contributed by atoms with Gasteiger partial charge < -0.3 is 4.74 Å². The molecule has 1 saturated carbocycles. The third-order valence-electron chi connectivity index (χ3n) is 5.92. The Labute approximate surface area is 133 Å². The van der Waals surface area contributed by atoms with E-state index in [0.717, 1.165) is 11.8 Å². The second kappa shape index (κ2) is 7.99. The molecule has 0 spiro atoms. The molecule has 1 aliphatic heterocycles. The molecule has 0 aromatic rings. The monoisotopic (exact) mass is 294 g/mol. The van der Waals surface area contributed by atoms with Crippen molar-refractivity contribution in [1.29, 1.82) is 0 Å². The molecule has 0 radical (unpaired) electrons. The van der Waals surface area contributed by atoms with Crippen molar-refractivity contribution in [2.45, 2.75) is 111 Å². The van der Waals surface area contributed by atoms with Crippen molar-refractivity contribution in [3.05, 3.63) is 0 Å². The van der Waals surface area contributed by atoms with Crippen LogP contribution in [-0.2, 0) is 4.74 Å². The molecule has 21 heavy (non-hydrogen) atoms. The minimum absolute atomic E-state index is 0.484. The van der Waals surface area contributed by atoms with Gasteiger partial charge >= 0.3 is 0 Å². The van der Waals surface area contributed by atoms with Gasteiger partial charge in [0.2, 0.25) is 0 Å². The van der Waals surface area contributed by atoms with E-state index in [1.165, 1.54) is 70.6 Å². The summed E-state index contributed by atoms with van der Waals surface area (Å²) in [5.41, 5.74) is 0.484. The van der Waals surface area contributed by atoms with Crippen molar-refractivity contribution in [2.24, 2.45) is 17.3 Å². The molecule has 2 fully saturated rings. The van der Waals surface area contributed by atoms with E-state index in [9.17, 15) is 0 Å². The van der Waals surface area contributed by atoms with E-state index in [0.29, 0.717) is 17.6 Å². The Morgan fingerprint density at radius 2 is 1.71 bits per heavy atom. The molecule has 1 heterocycles. The van der Waals surface area contributed by atoms with E-state index in [2.05, 4.69) is 27.7 Å². The molecule has 0 amide bonds. The van der Waals surface area contributed by atoms with Crippen LogP contribution >= 0.6 is 0 Å². The molecule has 1 aliphatic carbocycles. The van der Waals surface area contributed by atoms with Crippen LogP contribution in [0.15, 0.2) is 0 Å². The van der Waals surface area contributed by atoms with Crippen LogP contribution in [-0.4, -0.2) is 12.2 Å². The average Bonchev–Trinajstić information content (AvgIpc) is 3.18. The number of fused-ring (bicyclic) bond motifs is 1. The first kappa shape index (κ1) is 17.3. The van der Waals surface area contributed by atoms with Crippen LogP contribution < -0.4 is 0 Å². The Kier molecular flexibility index (Phi) is 6.59. The smallest absolute Gasteiger partial charge is 0.0844 e. The van der Waals surface area contributed by atoms with Crippen LogP contribution in [0.5, 0.6) is 0 Å². The summed E-state index contributed by atoms with van der Waals surface area (Å²) in [6.45, 7) is 9.65. The zero-order valence-corrected chi connectivity index (χ0v) is 15.0. The van der Waals surface area contributed by atoms with Gasteiger partial charge in [0.1, 0.15) is 0 Å². The molecule has 0 N–H and O–H groups in total. The van der Waals surface area contributed by atoms with Crippen molar-refractivity contribution in [3.63, 3.8) is 0 Å². The maximum Gasteiger partial charge on any atom is 0.0844 e. The first-order chi connectivity index (χ1) is 10.0. The van der Waals surface area contributed by atoms with Crippen LogP contribution in [0.3, 0.4) is 0 Å². The first-order valence-corrected chi connectivity index (χ1v) is 9.66. The standard InChI is InChI=1S/C20H38O/c1-5-6-7-8-9-10-17(20(2,3)4)13-11-16-12-14-18-19(15-16)21-18/h16-19H,5-15H2,1-4H3. The molecule has 124 valence electrons. The van der Waals surface area contributed by atoms with E-state index < -0.39 is 0 Å². The highest BCUT2D eigenvalue weighted by atomic mass is 16.6. The van der Waals surface area contributed by atoms with Gasteiger partial charge in [-0.25, -0.2) is 0 Å². The maximum atomic E-state index is 5.68. The second-order valence-corrected chi connectivity index (χ2v) is 8.74. The lowest BCUT2D eigenvalue weighted by Crippen LogP contribution is -2.22. The third-order valence-corrected chi connectivity index (χ3v) is 5.92. The van der Waals surface area contributed by atoms with E-state index in [-0.39, 0.29) is 0 Å². The topological polar surface area (TPSA) is 12.5 Å². The molecule has 4 atom stereocenters. The van der Waals surface area contributed by atoms with Gasteiger partial charge in [-0.1, -0.05) is 66.2 Å². The zero-order valence-electron chi connectivity index (χ0n) is 15.0. The molecular weight excluding hydrogens is 256 g/mol. The SMILES string of the molecule is CCCCCCCC(CCC1CCC2OC2C1)C(C)(C)C. The second-order valence-electron chi connectivity index (χ2n) is 8.74. The van der Waals surface area contributed by atoms with Crippen LogP contribution in [0, 0.1) is 17.3 Å². The van der Waals surface area contributed by atoms with Gasteiger partial charge in [0, 0.05) is 0 Å². The molecule has 1 nitrogen and oxygen atoms in total. The summed E-state index contributed by atoms with van der Waals surface area (Å²) in [4.78, 5) is 0. The summed E-state index contributed by atoms with van der Waals surface area (Å²) in [6, 6.07) is 0. The highest BCUT2D eigenvalue weighted by molar-refractivity contribution is 4.92. The van der Waals surface area contributed by atoms with Crippen molar-refractivity contribution in [2.75, 3.05) is 0 Å². The lowest BCUT2D eigenvalue weighted by molar-refractivity contribution is 0.186. The number of epoxide rings is 1. The van der Waals surface area contributed by atoms with Crippen molar-refractivity contribution in [3.8, 4) is 0 Å². The normalized spacial score (nSPS) is 30.0. The predicted octanol–water partition coefficient (Wildman–Crippen LogP) is 6.36. The summed E-state index contributed by atoms with van der Waals surface area (Å²) >= 11 is 0. The Hall–Kier alpha value is -0.0400. The Morgan fingerprint density at radius 3 is 2.38 bits per heavy atom. The number of unbranched alkanes of at least 4 members (excludes halogenated alkanes) is 4. The van der Waals surface area contributed by atoms with E-state index in [4.69, 9.17) is 4.74 Å². The van der Waals surface area contributed by atoms with Crippen molar-refractivity contribution >= 4 is 0 Å². The molecular formula is C20H38O. The van der Waals surface area contributed by atoms with Crippen LogP contribution in [0.25, 0.3) is 0 Å². The quantitative estimate of drug-likeness (QED) is 0.356. The summed E-state index contributed by atoms with van der Waals surface area (Å²) in [5.74, 6) is 1.87. The molecule has 0 bridgehead atoms. The minimum atomic E-state index is 0.484. The third kappa shape index (κ3) is 5.93. The Bertz CT molecular complexity index is 291. The van der Waals surface area contributed by atoms with E-state index >= 15 is 0 Å². The molecule has 1 saturated heterocycles. The van der Waals surface area contributed by atoms with E-state index in [1.54, 1.807) is 0 Å². The minimum Gasteiger partial charge on any atom is -0.370 e. The first-order valence-electron chi connectivity index (χ1n) is 9.66. The summed E-state index contributed by atoms with van der Waals surface area (Å²) in [6.07, 6.45) is 16.9. The highest BCUT2D eigenvalue weighted by Gasteiger charge is 2.43. The fraction of sp³-hybridized carbons (Fsp3) is 1.00. The molecule has 1 heteroatoms. The van der Waals surface area contributed by atoms with Gasteiger partial charge in [0.15, 0.2) is 0 Å². The molecule has 0 aromatic carbocycles. The van der Waals surface area contributed by atoms with Gasteiger partial charge in [0.05, 0.1) is 12.2 Å². The molecule has 0 aromatic heterocycles. The fourth-order valence-corrected chi connectivity index (χ4v) is 4.19. The number of hydrogen-bond acceptors (Lipinski definition) is 1. The lowest BCUT2D eigenvalue weighted by Gasteiger charge is -2.32. The number of hydrogen-bond donors (Lipinski definition) is 0. The summed E-state index contributed by atoms with van der Waals surface area (Å²) < 4.78 is 5.68. The largest absolute Gasteiger partial charge is 0.370 e. The van der Waals surface area contributed by atoms with Crippen LogP contribution in [0.4, 0.5) is 0 Å². The molecule has 2 aliphatic rings. The summed E-state index contributed by atoms with van der Waals surface area (Å²) in [5, 5.41) is 0. The van der Waals surface area contributed by atoms with Gasteiger partial charge in [-0.05, 0) is 49.4 Å². The van der Waals surface area contributed by atoms with E-state index in [1.807, 2.05) is 0 Å². The fourth-order valence-electron chi connectivity index (χ4n) is 4.19. The lowest BCUT2D eigenvalue weighted by atomic mass is 9.73. The Balaban J connectivity index is 1.66. The number of rotatable bonds is 9. The van der Waals surface area contributed by atoms with Crippen molar-refractivity contribution in [1.82, 2.24) is 0 Å². The van der Waals surface area contributed by atoms with Gasteiger partial charge in [-0.15, -0.1) is 0 Å². The highest BCUT2D eigenvalue weighted by Crippen LogP contribution is 2.43. The zero-order chi connectivity index (χ0) is 15.3. The van der Waals surface area contributed by atoms with Crippen molar-refractivity contribution < 1.29 is 4.74 Å². The Morgan fingerprint density at radius 1 is 0.952 bits per heavy atom. The van der Waals surface area contributed by atoms with Crippen LogP contribution in [0.2, 0.25) is 0 Å². The van der Waals surface area contributed by atoms with Crippen LogP contribution in [0.1, 0.15) is 98.3 Å². The van der Waals surface area contributed by atoms with Gasteiger partial charge in [0.25, 0.3) is 0 Å². The number of ether oxygens (including phenoxy) is 1. The summed E-state index contributed by atoms with van der Waals surface area (Å²) in [7, 11) is 0. The maximum absolute atomic E-state index is 5.68. The van der Waals surface area contributed by atoms with Gasteiger partial charge in [-0.3, -0.25) is 0 Å². The molecule has 4 unspecified atom stereocenters. The molecule has 2 rings (SSSR count). The average molecular weight is 295 g/mol. The van der Waals surface area contributed by atoms with Gasteiger partial charge in [-0.2, -0.15) is 0 Å².